The van der Waals surface area contributed by atoms with Crippen LogP contribution in [0.15, 0.2) is 24.3 Å². The minimum atomic E-state index is -0.928. The Labute approximate surface area is 114 Å². The topological polar surface area (TPSA) is 40.5 Å². The largest absolute Gasteiger partial charge is 0.389 e. The zero-order valence-corrected chi connectivity index (χ0v) is 12.0. The van der Waals surface area contributed by atoms with Gasteiger partial charge in [-0.25, -0.2) is 4.39 Å². The lowest BCUT2D eigenvalue weighted by Crippen LogP contribution is -2.42. The van der Waals surface area contributed by atoms with Crippen molar-refractivity contribution in [3.63, 3.8) is 0 Å². The van der Waals surface area contributed by atoms with E-state index < -0.39 is 5.60 Å². The molecule has 0 aliphatic rings. The van der Waals surface area contributed by atoms with Crippen LogP contribution in [0.2, 0.25) is 0 Å². The quantitative estimate of drug-likeness (QED) is 0.888. The molecule has 0 radical (unpaired) electrons. The van der Waals surface area contributed by atoms with Crippen molar-refractivity contribution >= 4 is 5.91 Å². The van der Waals surface area contributed by atoms with Gasteiger partial charge in [-0.2, -0.15) is 0 Å². The molecule has 0 saturated carbocycles. The first-order chi connectivity index (χ1) is 8.70. The van der Waals surface area contributed by atoms with Crippen molar-refractivity contribution in [2.75, 3.05) is 13.6 Å². The number of likely N-dealkylation sites (N-methyl/N-ethyl adjacent to an activating group) is 1. The number of rotatable bonds is 5. The second kappa shape index (κ2) is 6.15. The molecule has 0 heterocycles. The van der Waals surface area contributed by atoms with Crippen molar-refractivity contribution in [2.24, 2.45) is 5.92 Å². The molecule has 106 valence electrons. The molecule has 0 aromatic heterocycles. The van der Waals surface area contributed by atoms with Crippen molar-refractivity contribution < 1.29 is 14.3 Å². The monoisotopic (exact) mass is 267 g/mol. The summed E-state index contributed by atoms with van der Waals surface area (Å²) in [5.74, 6) is -0.693. The number of hydrogen-bond acceptors (Lipinski definition) is 2. The van der Waals surface area contributed by atoms with E-state index in [0.717, 1.165) is 0 Å². The molecule has 0 aliphatic carbocycles. The molecule has 1 aromatic carbocycles. The van der Waals surface area contributed by atoms with Gasteiger partial charge in [0, 0.05) is 19.5 Å². The number of carbonyl (C=O) groups excluding carboxylic acids is 1. The molecule has 19 heavy (non-hydrogen) atoms. The Hall–Kier alpha value is -1.42. The van der Waals surface area contributed by atoms with Gasteiger partial charge in [-0.1, -0.05) is 25.1 Å². The van der Waals surface area contributed by atoms with Crippen LogP contribution in [0.25, 0.3) is 0 Å². The van der Waals surface area contributed by atoms with Crippen LogP contribution < -0.4 is 0 Å². The molecule has 1 unspecified atom stereocenters. The maximum absolute atomic E-state index is 13.5. The maximum Gasteiger partial charge on any atom is 0.225 e. The summed E-state index contributed by atoms with van der Waals surface area (Å²) < 4.78 is 13.5. The number of benzene rings is 1. The zero-order valence-electron chi connectivity index (χ0n) is 12.0. The van der Waals surface area contributed by atoms with E-state index in [4.69, 9.17) is 0 Å². The van der Waals surface area contributed by atoms with Gasteiger partial charge in [-0.15, -0.1) is 0 Å². The molecule has 1 atom stereocenters. The lowest BCUT2D eigenvalue weighted by molar-refractivity contribution is -0.136. The lowest BCUT2D eigenvalue weighted by Gasteiger charge is -2.27. The van der Waals surface area contributed by atoms with Gasteiger partial charge in [-0.3, -0.25) is 4.79 Å². The van der Waals surface area contributed by atoms with Crippen LogP contribution in [0, 0.1) is 11.7 Å². The number of amides is 1. The third kappa shape index (κ3) is 4.99. The first-order valence-electron chi connectivity index (χ1n) is 6.41. The van der Waals surface area contributed by atoms with Gasteiger partial charge in [0.15, 0.2) is 0 Å². The summed E-state index contributed by atoms with van der Waals surface area (Å²) in [6.07, 6.45) is 0.363. The minimum absolute atomic E-state index is 0.0922. The predicted molar refractivity (Wildman–Crippen MR) is 73.2 cm³/mol. The van der Waals surface area contributed by atoms with E-state index in [1.165, 1.54) is 11.0 Å². The average Bonchev–Trinajstić information content (AvgIpc) is 2.28. The third-order valence-corrected chi connectivity index (χ3v) is 2.91. The number of hydrogen-bond donors (Lipinski definition) is 1. The molecule has 0 saturated heterocycles. The second-order valence-electron chi connectivity index (χ2n) is 5.70. The zero-order chi connectivity index (χ0) is 14.6. The average molecular weight is 267 g/mol. The van der Waals surface area contributed by atoms with Gasteiger partial charge in [0.25, 0.3) is 0 Å². The van der Waals surface area contributed by atoms with Gasteiger partial charge in [0.2, 0.25) is 5.91 Å². The first kappa shape index (κ1) is 15.6. The van der Waals surface area contributed by atoms with Crippen LogP contribution in [0.1, 0.15) is 26.3 Å². The molecule has 1 N–H and O–H groups in total. The van der Waals surface area contributed by atoms with Crippen LogP contribution in [-0.4, -0.2) is 35.1 Å². The van der Waals surface area contributed by atoms with Crippen molar-refractivity contribution in [2.45, 2.75) is 32.8 Å². The predicted octanol–water partition coefficient (Wildman–Crippen LogP) is 2.23. The van der Waals surface area contributed by atoms with E-state index >= 15 is 0 Å². The van der Waals surface area contributed by atoms with Crippen molar-refractivity contribution in [3.05, 3.63) is 35.6 Å². The summed E-state index contributed by atoms with van der Waals surface area (Å²) in [6, 6.07) is 6.48. The molecule has 1 rings (SSSR count). The second-order valence-corrected chi connectivity index (χ2v) is 5.70. The molecule has 0 fully saturated rings. The number of nitrogens with zero attached hydrogens (tertiary/aromatic N) is 1. The maximum atomic E-state index is 13.5. The van der Waals surface area contributed by atoms with E-state index in [0.29, 0.717) is 12.0 Å². The fourth-order valence-corrected chi connectivity index (χ4v) is 2.12. The standard InChI is InChI=1S/C15H22FNO2/c1-11(9-12-7-5-6-8-13(12)16)14(18)17(4)10-15(2,3)19/h5-8,11,19H,9-10H2,1-4H3. The first-order valence-corrected chi connectivity index (χ1v) is 6.41. The van der Waals surface area contributed by atoms with Crippen molar-refractivity contribution in [3.8, 4) is 0 Å². The fourth-order valence-electron chi connectivity index (χ4n) is 2.12. The smallest absolute Gasteiger partial charge is 0.225 e. The van der Waals surface area contributed by atoms with Crippen LogP contribution in [-0.2, 0) is 11.2 Å². The number of carbonyl (C=O) groups is 1. The van der Waals surface area contributed by atoms with Crippen LogP contribution in [0.3, 0.4) is 0 Å². The molecule has 1 aromatic rings. The molecule has 1 amide bonds. The van der Waals surface area contributed by atoms with Gasteiger partial charge in [0.1, 0.15) is 5.82 Å². The van der Waals surface area contributed by atoms with Gasteiger partial charge < -0.3 is 10.0 Å². The van der Waals surface area contributed by atoms with E-state index in [-0.39, 0.29) is 24.2 Å². The van der Waals surface area contributed by atoms with Crippen LogP contribution >= 0.6 is 0 Å². The molecule has 3 nitrogen and oxygen atoms in total. The highest BCUT2D eigenvalue weighted by atomic mass is 19.1. The molecular formula is C15H22FNO2. The fraction of sp³-hybridized carbons (Fsp3) is 0.533. The minimum Gasteiger partial charge on any atom is -0.389 e. The summed E-state index contributed by atoms with van der Waals surface area (Å²) in [5.41, 5.74) is -0.387. The summed E-state index contributed by atoms with van der Waals surface area (Å²) in [4.78, 5) is 13.6. The normalized spacial score (nSPS) is 13.2. The lowest BCUT2D eigenvalue weighted by atomic mass is 9.99. The Balaban J connectivity index is 2.65. The highest BCUT2D eigenvalue weighted by molar-refractivity contribution is 5.78. The van der Waals surface area contributed by atoms with E-state index in [2.05, 4.69) is 0 Å². The van der Waals surface area contributed by atoms with E-state index in [1.54, 1.807) is 46.0 Å². The van der Waals surface area contributed by atoms with Gasteiger partial charge in [-0.05, 0) is 31.9 Å². The van der Waals surface area contributed by atoms with Crippen LogP contribution in [0.5, 0.6) is 0 Å². The Morgan fingerprint density at radius 2 is 2.00 bits per heavy atom. The summed E-state index contributed by atoms with van der Waals surface area (Å²) in [7, 11) is 1.65. The van der Waals surface area contributed by atoms with Crippen molar-refractivity contribution in [1.82, 2.24) is 4.90 Å². The number of aliphatic hydroxyl groups is 1. The summed E-state index contributed by atoms with van der Waals surface area (Å²) in [5, 5.41) is 9.70. The Kier molecular flexibility index (Phi) is 5.06. The van der Waals surface area contributed by atoms with Crippen molar-refractivity contribution in [1.29, 1.82) is 0 Å². The highest BCUT2D eigenvalue weighted by Gasteiger charge is 2.23. The summed E-state index contributed by atoms with van der Waals surface area (Å²) in [6.45, 7) is 5.33. The Bertz CT molecular complexity index is 440. The van der Waals surface area contributed by atoms with Gasteiger partial charge in [0.05, 0.1) is 5.60 Å². The molecule has 0 spiro atoms. The van der Waals surface area contributed by atoms with E-state index in [9.17, 15) is 14.3 Å². The number of halogens is 1. The van der Waals surface area contributed by atoms with E-state index in [1.807, 2.05) is 0 Å². The highest BCUT2D eigenvalue weighted by Crippen LogP contribution is 2.15. The Morgan fingerprint density at radius 1 is 1.42 bits per heavy atom. The molecular weight excluding hydrogens is 245 g/mol. The third-order valence-electron chi connectivity index (χ3n) is 2.91. The molecule has 4 heteroatoms. The SMILES string of the molecule is CC(Cc1ccccc1F)C(=O)N(C)CC(C)(C)O. The van der Waals surface area contributed by atoms with Crippen LogP contribution in [0.4, 0.5) is 4.39 Å². The van der Waals surface area contributed by atoms with Gasteiger partial charge >= 0.3 is 0 Å². The molecule has 0 bridgehead atoms. The summed E-state index contributed by atoms with van der Waals surface area (Å²) >= 11 is 0. The molecule has 0 aliphatic heterocycles. The Morgan fingerprint density at radius 3 is 2.53 bits per heavy atom.